The Labute approximate surface area is 142 Å². The van der Waals surface area contributed by atoms with Crippen LogP contribution in [0.1, 0.15) is 17.5 Å². The summed E-state index contributed by atoms with van der Waals surface area (Å²) in [7, 11) is 0. The fourth-order valence-electron chi connectivity index (χ4n) is 1.96. The number of hydrogen-bond acceptors (Lipinski definition) is 4. The van der Waals surface area contributed by atoms with Gasteiger partial charge in [-0.15, -0.1) is 24.8 Å². The molecule has 1 N–H and O–H groups in total. The van der Waals surface area contributed by atoms with Gasteiger partial charge in [0.1, 0.15) is 12.4 Å². The zero-order valence-corrected chi connectivity index (χ0v) is 13.6. The van der Waals surface area contributed by atoms with Crippen molar-refractivity contribution in [3.05, 3.63) is 54.1 Å². The molecule has 118 valence electrons. The van der Waals surface area contributed by atoms with E-state index in [-0.39, 0.29) is 24.8 Å². The molecule has 0 bridgehead atoms. The molecule has 1 saturated heterocycles. The minimum atomic E-state index is 0. The van der Waals surface area contributed by atoms with Crippen molar-refractivity contribution >= 4 is 37.0 Å². The lowest BCUT2D eigenvalue weighted by molar-refractivity contribution is 0.217. The minimum absolute atomic E-state index is 0. The molecule has 1 fully saturated rings. The van der Waals surface area contributed by atoms with E-state index >= 15 is 0 Å². The summed E-state index contributed by atoms with van der Waals surface area (Å²) >= 11 is 0. The maximum atomic E-state index is 5.73. The van der Waals surface area contributed by atoms with Crippen LogP contribution in [0.25, 0.3) is 12.2 Å². The van der Waals surface area contributed by atoms with E-state index < -0.39 is 0 Å². The highest BCUT2D eigenvalue weighted by Gasteiger charge is 2.16. The number of nitrogens with zero attached hydrogens (tertiary/aromatic N) is 2. The third-order valence-electron chi connectivity index (χ3n) is 3.29. The molecule has 0 saturated carbocycles. The van der Waals surface area contributed by atoms with Gasteiger partial charge in [-0.25, -0.2) is 0 Å². The van der Waals surface area contributed by atoms with Gasteiger partial charge in [0.05, 0.1) is 6.20 Å². The fraction of sp³-hybridized carbons (Fsp3) is 0.250. The number of nitrogens with one attached hydrogen (secondary N) is 1. The fourth-order valence-corrected chi connectivity index (χ4v) is 1.96. The van der Waals surface area contributed by atoms with Crippen molar-refractivity contribution < 1.29 is 4.74 Å². The van der Waals surface area contributed by atoms with Gasteiger partial charge in [-0.1, -0.05) is 12.2 Å². The van der Waals surface area contributed by atoms with Crippen molar-refractivity contribution in [2.45, 2.75) is 12.5 Å². The highest BCUT2D eigenvalue weighted by Crippen LogP contribution is 2.15. The predicted octanol–water partition coefficient (Wildman–Crippen LogP) is 3.23. The van der Waals surface area contributed by atoms with E-state index in [0.717, 1.165) is 23.4 Å². The lowest BCUT2D eigenvalue weighted by Gasteiger charge is -2.27. The van der Waals surface area contributed by atoms with Gasteiger partial charge in [-0.2, -0.15) is 0 Å². The second-order valence-corrected chi connectivity index (χ2v) is 4.82. The SMILES string of the molecule is C(=Cc1cncc(OC[C@@H]2CCN2)c1)c1ccncc1.Cl.Cl. The maximum absolute atomic E-state index is 5.73. The topological polar surface area (TPSA) is 47.0 Å². The largest absolute Gasteiger partial charge is 0.490 e. The van der Waals surface area contributed by atoms with Crippen LogP contribution >= 0.6 is 24.8 Å². The van der Waals surface area contributed by atoms with Crippen LogP contribution in [0.4, 0.5) is 0 Å². The quantitative estimate of drug-likeness (QED) is 0.908. The Morgan fingerprint density at radius 3 is 2.50 bits per heavy atom. The van der Waals surface area contributed by atoms with E-state index in [1.54, 1.807) is 18.6 Å². The third-order valence-corrected chi connectivity index (χ3v) is 3.29. The highest BCUT2D eigenvalue weighted by atomic mass is 35.5. The molecule has 3 heterocycles. The molecule has 22 heavy (non-hydrogen) atoms. The van der Waals surface area contributed by atoms with Crippen LogP contribution in [0.15, 0.2) is 43.0 Å². The molecule has 0 unspecified atom stereocenters. The Morgan fingerprint density at radius 1 is 1.09 bits per heavy atom. The Hall–Kier alpha value is -1.62. The van der Waals surface area contributed by atoms with E-state index in [0.29, 0.717) is 12.6 Å². The van der Waals surface area contributed by atoms with Crippen molar-refractivity contribution in [2.75, 3.05) is 13.2 Å². The molecular formula is C16H19Cl2N3O. The average Bonchev–Trinajstić information content (AvgIpc) is 2.45. The minimum Gasteiger partial charge on any atom is -0.490 e. The first-order chi connectivity index (χ1) is 9.90. The summed E-state index contributed by atoms with van der Waals surface area (Å²) in [5, 5.41) is 3.31. The first kappa shape index (κ1) is 18.4. The van der Waals surface area contributed by atoms with Gasteiger partial charge in [0.25, 0.3) is 0 Å². The molecule has 4 nitrogen and oxygen atoms in total. The number of rotatable bonds is 5. The summed E-state index contributed by atoms with van der Waals surface area (Å²) in [6.07, 6.45) is 12.4. The monoisotopic (exact) mass is 339 g/mol. The normalized spacial score (nSPS) is 16.3. The number of hydrogen-bond donors (Lipinski definition) is 1. The number of halogens is 2. The van der Waals surface area contributed by atoms with E-state index in [1.165, 1.54) is 6.42 Å². The summed E-state index contributed by atoms with van der Waals surface area (Å²) in [5.74, 6) is 0.815. The summed E-state index contributed by atoms with van der Waals surface area (Å²) in [6.45, 7) is 1.81. The van der Waals surface area contributed by atoms with E-state index in [1.807, 2.05) is 36.5 Å². The van der Waals surface area contributed by atoms with E-state index in [9.17, 15) is 0 Å². The van der Waals surface area contributed by atoms with Crippen LogP contribution < -0.4 is 10.1 Å². The first-order valence-corrected chi connectivity index (χ1v) is 6.79. The standard InChI is InChI=1S/C16H17N3O.2ClH/c1(13-3-6-17-7-4-13)2-14-9-16(11-18-10-14)20-12-15-5-8-19-15;;/h1-4,6-7,9-11,15,19H,5,8,12H2;2*1H/t15-;;/m0../s1. The number of pyridine rings is 2. The summed E-state index contributed by atoms with van der Waals surface area (Å²) in [5.41, 5.74) is 2.14. The molecule has 1 aliphatic heterocycles. The van der Waals surface area contributed by atoms with Crippen molar-refractivity contribution in [3.63, 3.8) is 0 Å². The smallest absolute Gasteiger partial charge is 0.138 e. The lowest BCUT2D eigenvalue weighted by Crippen LogP contribution is -2.46. The zero-order chi connectivity index (χ0) is 13.6. The Kier molecular flexibility index (Phi) is 7.88. The maximum Gasteiger partial charge on any atom is 0.138 e. The van der Waals surface area contributed by atoms with E-state index in [4.69, 9.17) is 4.74 Å². The molecule has 0 aliphatic carbocycles. The Balaban J connectivity index is 0.00000121. The Bertz CT molecular complexity index is 589. The van der Waals surface area contributed by atoms with Crippen molar-refractivity contribution in [1.82, 2.24) is 15.3 Å². The molecular weight excluding hydrogens is 321 g/mol. The molecule has 0 amide bonds. The second-order valence-electron chi connectivity index (χ2n) is 4.82. The Morgan fingerprint density at radius 2 is 1.82 bits per heavy atom. The van der Waals surface area contributed by atoms with Crippen LogP contribution in [0.3, 0.4) is 0 Å². The second kappa shape index (κ2) is 9.41. The molecule has 2 aromatic heterocycles. The molecule has 3 rings (SSSR count). The number of ether oxygens (including phenoxy) is 1. The molecule has 6 heteroatoms. The van der Waals surface area contributed by atoms with Crippen LogP contribution in [0.5, 0.6) is 5.75 Å². The van der Waals surface area contributed by atoms with Gasteiger partial charge in [0, 0.05) is 24.6 Å². The summed E-state index contributed by atoms with van der Waals surface area (Å²) in [6, 6.07) is 6.42. The summed E-state index contributed by atoms with van der Waals surface area (Å²) in [4.78, 5) is 8.21. The first-order valence-electron chi connectivity index (χ1n) is 6.79. The molecule has 0 radical (unpaired) electrons. The van der Waals surface area contributed by atoms with Crippen LogP contribution in [-0.4, -0.2) is 29.2 Å². The zero-order valence-electron chi connectivity index (χ0n) is 12.0. The van der Waals surface area contributed by atoms with E-state index in [2.05, 4.69) is 15.3 Å². The highest BCUT2D eigenvalue weighted by molar-refractivity contribution is 5.85. The van der Waals surface area contributed by atoms with Gasteiger partial charge in [-0.05, 0) is 42.3 Å². The van der Waals surface area contributed by atoms with Crippen molar-refractivity contribution in [1.29, 1.82) is 0 Å². The molecule has 2 aromatic rings. The van der Waals surface area contributed by atoms with Gasteiger partial charge in [0.2, 0.25) is 0 Å². The number of aromatic nitrogens is 2. The molecule has 0 aromatic carbocycles. The van der Waals surface area contributed by atoms with Crippen molar-refractivity contribution in [3.8, 4) is 5.75 Å². The van der Waals surface area contributed by atoms with Crippen molar-refractivity contribution in [2.24, 2.45) is 0 Å². The molecule has 1 atom stereocenters. The van der Waals surface area contributed by atoms with Gasteiger partial charge >= 0.3 is 0 Å². The molecule has 1 aliphatic rings. The summed E-state index contributed by atoms with van der Waals surface area (Å²) < 4.78 is 5.73. The van der Waals surface area contributed by atoms with Gasteiger partial charge < -0.3 is 10.1 Å². The average molecular weight is 340 g/mol. The van der Waals surface area contributed by atoms with Crippen LogP contribution in [0.2, 0.25) is 0 Å². The van der Waals surface area contributed by atoms with Gasteiger partial charge in [0.15, 0.2) is 0 Å². The van der Waals surface area contributed by atoms with Crippen LogP contribution in [0, 0.1) is 0 Å². The lowest BCUT2D eigenvalue weighted by atomic mass is 10.1. The van der Waals surface area contributed by atoms with Crippen LogP contribution in [-0.2, 0) is 0 Å². The third kappa shape index (κ3) is 5.30. The molecule has 0 spiro atoms. The predicted molar refractivity (Wildman–Crippen MR) is 93.8 cm³/mol. The van der Waals surface area contributed by atoms with Gasteiger partial charge in [-0.3, -0.25) is 9.97 Å².